The Labute approximate surface area is 125 Å². The molecule has 1 saturated carbocycles. The van der Waals surface area contributed by atoms with Crippen molar-refractivity contribution in [2.75, 3.05) is 0 Å². The fourth-order valence-electron chi connectivity index (χ4n) is 2.46. The molecule has 0 aromatic carbocycles. The summed E-state index contributed by atoms with van der Waals surface area (Å²) in [6.07, 6.45) is 3.61. The zero-order chi connectivity index (χ0) is 15.1. The number of rotatable bonds is 4. The van der Waals surface area contributed by atoms with Crippen molar-refractivity contribution in [1.29, 1.82) is 0 Å². The van der Waals surface area contributed by atoms with Crippen LogP contribution in [-0.2, 0) is 6.54 Å². The second-order valence-electron chi connectivity index (χ2n) is 5.43. The summed E-state index contributed by atoms with van der Waals surface area (Å²) in [5, 5.41) is 13.9. The first-order valence-electron chi connectivity index (χ1n) is 7.11. The van der Waals surface area contributed by atoms with Crippen LogP contribution in [0.2, 0.25) is 0 Å². The largest absolute Gasteiger partial charge is 0.345 e. The Bertz CT molecular complexity index is 835. The Kier molecular flexibility index (Phi) is 2.88. The molecule has 0 atom stereocenters. The van der Waals surface area contributed by atoms with Crippen LogP contribution in [0.3, 0.4) is 0 Å². The highest BCUT2D eigenvalue weighted by atomic mass is 16.5. The van der Waals surface area contributed by atoms with E-state index in [-0.39, 0.29) is 12.5 Å². The minimum absolute atomic E-state index is 0.197. The average molecular weight is 298 g/mol. The molecule has 3 aromatic heterocycles. The van der Waals surface area contributed by atoms with E-state index in [4.69, 9.17) is 4.52 Å². The van der Waals surface area contributed by atoms with Crippen molar-refractivity contribution in [3.8, 4) is 0 Å². The molecule has 4 rings (SSSR count). The van der Waals surface area contributed by atoms with Gasteiger partial charge in [-0.2, -0.15) is 5.10 Å². The van der Waals surface area contributed by atoms with E-state index in [2.05, 4.69) is 30.6 Å². The molecule has 112 valence electrons. The monoisotopic (exact) mass is 298 g/mol. The van der Waals surface area contributed by atoms with Crippen molar-refractivity contribution in [3.63, 3.8) is 0 Å². The number of pyridine rings is 1. The number of nitrogens with one attached hydrogen (secondary N) is 2. The van der Waals surface area contributed by atoms with Crippen molar-refractivity contribution in [2.45, 2.75) is 32.2 Å². The molecule has 8 nitrogen and oxygen atoms in total. The lowest BCUT2D eigenvalue weighted by atomic mass is 10.1. The molecular formula is C14H14N6O2. The summed E-state index contributed by atoms with van der Waals surface area (Å²) in [7, 11) is 0. The first-order chi connectivity index (χ1) is 10.7. The fraction of sp³-hybridized carbons (Fsp3) is 0.357. The van der Waals surface area contributed by atoms with Crippen LogP contribution in [0.1, 0.15) is 46.3 Å². The lowest BCUT2D eigenvalue weighted by molar-refractivity contribution is 0.0951. The number of aromatic amines is 1. The van der Waals surface area contributed by atoms with Gasteiger partial charge in [0.05, 0.1) is 23.2 Å². The minimum Gasteiger partial charge on any atom is -0.345 e. The molecule has 0 aliphatic heterocycles. The summed E-state index contributed by atoms with van der Waals surface area (Å²) in [6.45, 7) is 2.09. The number of carbonyl (C=O) groups is 1. The van der Waals surface area contributed by atoms with E-state index in [1.165, 1.54) is 6.33 Å². The zero-order valence-electron chi connectivity index (χ0n) is 12.0. The maximum atomic E-state index is 12.5. The number of H-pyrrole nitrogens is 1. The van der Waals surface area contributed by atoms with Crippen molar-refractivity contribution >= 4 is 17.0 Å². The van der Waals surface area contributed by atoms with Gasteiger partial charge in [0.1, 0.15) is 12.2 Å². The minimum atomic E-state index is -0.197. The van der Waals surface area contributed by atoms with Crippen LogP contribution in [0, 0.1) is 6.92 Å². The van der Waals surface area contributed by atoms with Crippen LogP contribution in [0.15, 0.2) is 16.9 Å². The van der Waals surface area contributed by atoms with E-state index >= 15 is 0 Å². The molecule has 1 aliphatic carbocycles. The molecule has 0 radical (unpaired) electrons. The van der Waals surface area contributed by atoms with E-state index in [0.29, 0.717) is 34.1 Å². The van der Waals surface area contributed by atoms with Crippen LogP contribution >= 0.6 is 0 Å². The summed E-state index contributed by atoms with van der Waals surface area (Å²) in [4.78, 5) is 21.0. The molecular weight excluding hydrogens is 284 g/mol. The normalized spacial score (nSPS) is 14.4. The van der Waals surface area contributed by atoms with Gasteiger partial charge >= 0.3 is 0 Å². The first kappa shape index (κ1) is 12.9. The number of amides is 1. The van der Waals surface area contributed by atoms with Gasteiger partial charge in [-0.3, -0.25) is 9.89 Å². The Balaban J connectivity index is 1.69. The topological polar surface area (TPSA) is 110 Å². The van der Waals surface area contributed by atoms with Crippen molar-refractivity contribution in [3.05, 3.63) is 35.2 Å². The molecule has 0 spiro atoms. The molecule has 1 aliphatic rings. The Morgan fingerprint density at radius 2 is 2.36 bits per heavy atom. The average Bonchev–Trinajstić information content (AvgIpc) is 3.13. The molecule has 0 saturated heterocycles. The molecule has 0 unspecified atom stereocenters. The predicted octanol–water partition coefficient (Wildman–Crippen LogP) is 1.46. The van der Waals surface area contributed by atoms with Gasteiger partial charge in [0, 0.05) is 11.6 Å². The highest BCUT2D eigenvalue weighted by Gasteiger charge is 2.28. The summed E-state index contributed by atoms with van der Waals surface area (Å²) >= 11 is 0. The summed E-state index contributed by atoms with van der Waals surface area (Å²) in [5.41, 5.74) is 2.53. The molecule has 2 N–H and O–H groups in total. The number of carbonyl (C=O) groups excluding carboxylic acids is 1. The van der Waals surface area contributed by atoms with Gasteiger partial charge in [-0.05, 0) is 25.8 Å². The molecule has 0 bridgehead atoms. The van der Waals surface area contributed by atoms with Gasteiger partial charge in [-0.1, -0.05) is 5.16 Å². The molecule has 3 aromatic rings. The number of hydrogen-bond donors (Lipinski definition) is 2. The van der Waals surface area contributed by atoms with Crippen LogP contribution in [-0.4, -0.2) is 31.2 Å². The maximum Gasteiger partial charge on any atom is 0.259 e. The quantitative estimate of drug-likeness (QED) is 0.754. The second-order valence-corrected chi connectivity index (χ2v) is 5.43. The third-order valence-electron chi connectivity index (χ3n) is 3.76. The molecule has 8 heteroatoms. The Morgan fingerprint density at radius 3 is 3.09 bits per heavy atom. The third kappa shape index (κ3) is 2.22. The summed E-state index contributed by atoms with van der Waals surface area (Å²) < 4.78 is 5.24. The van der Waals surface area contributed by atoms with Crippen LogP contribution in [0.5, 0.6) is 0 Å². The number of hydrogen-bond acceptors (Lipinski definition) is 6. The van der Waals surface area contributed by atoms with Gasteiger partial charge in [0.15, 0.2) is 0 Å². The number of aromatic nitrogens is 5. The van der Waals surface area contributed by atoms with Crippen LogP contribution < -0.4 is 5.32 Å². The summed E-state index contributed by atoms with van der Waals surface area (Å²) in [5.74, 6) is 0.829. The van der Waals surface area contributed by atoms with Gasteiger partial charge < -0.3 is 9.84 Å². The number of fused-ring (bicyclic) bond motifs is 1. The van der Waals surface area contributed by atoms with Crippen LogP contribution in [0.25, 0.3) is 11.1 Å². The number of nitrogens with zero attached hydrogens (tertiary/aromatic N) is 4. The summed E-state index contributed by atoms with van der Waals surface area (Å²) in [6, 6.07) is 1.85. The SMILES string of the molecule is Cc1noc2nc(C3CC3)cc(C(=O)NCc3ncn[nH]3)c12. The Morgan fingerprint density at radius 1 is 1.50 bits per heavy atom. The fourth-order valence-corrected chi connectivity index (χ4v) is 2.46. The first-order valence-corrected chi connectivity index (χ1v) is 7.11. The highest BCUT2D eigenvalue weighted by Crippen LogP contribution is 2.40. The molecule has 3 heterocycles. The van der Waals surface area contributed by atoms with Crippen molar-refractivity contribution in [2.24, 2.45) is 0 Å². The van der Waals surface area contributed by atoms with E-state index < -0.39 is 0 Å². The van der Waals surface area contributed by atoms with Crippen molar-refractivity contribution < 1.29 is 9.32 Å². The zero-order valence-corrected chi connectivity index (χ0v) is 12.0. The third-order valence-corrected chi connectivity index (χ3v) is 3.76. The van der Waals surface area contributed by atoms with Crippen molar-refractivity contribution in [1.82, 2.24) is 30.6 Å². The smallest absolute Gasteiger partial charge is 0.259 e. The van der Waals surface area contributed by atoms with E-state index in [1.807, 2.05) is 6.07 Å². The maximum absolute atomic E-state index is 12.5. The van der Waals surface area contributed by atoms with Gasteiger partial charge in [-0.25, -0.2) is 9.97 Å². The Hall–Kier alpha value is -2.77. The number of aryl methyl sites for hydroxylation is 1. The lowest BCUT2D eigenvalue weighted by Crippen LogP contribution is -2.24. The predicted molar refractivity (Wildman–Crippen MR) is 76.1 cm³/mol. The molecule has 1 fully saturated rings. The van der Waals surface area contributed by atoms with Gasteiger partial charge in [-0.15, -0.1) is 0 Å². The van der Waals surface area contributed by atoms with Gasteiger partial charge in [0.2, 0.25) is 0 Å². The van der Waals surface area contributed by atoms with Crippen LogP contribution in [0.4, 0.5) is 0 Å². The van der Waals surface area contributed by atoms with E-state index in [9.17, 15) is 4.79 Å². The molecule has 22 heavy (non-hydrogen) atoms. The van der Waals surface area contributed by atoms with E-state index in [1.54, 1.807) is 6.92 Å². The van der Waals surface area contributed by atoms with Gasteiger partial charge in [0.25, 0.3) is 11.6 Å². The molecule has 1 amide bonds. The second kappa shape index (κ2) is 4.90. The lowest BCUT2D eigenvalue weighted by Gasteiger charge is -2.06. The highest BCUT2D eigenvalue weighted by molar-refractivity contribution is 6.06. The van der Waals surface area contributed by atoms with E-state index in [0.717, 1.165) is 18.5 Å². The standard InChI is InChI=1S/C14H14N6O2/c1-7-12-9(13(21)15-5-11-16-6-17-19-11)4-10(8-2-3-8)18-14(12)22-20-7/h4,6,8H,2-3,5H2,1H3,(H,15,21)(H,16,17,19).